The summed E-state index contributed by atoms with van der Waals surface area (Å²) in [7, 11) is 0. The van der Waals surface area contributed by atoms with Crippen molar-refractivity contribution < 1.29 is 18.4 Å². The van der Waals surface area contributed by atoms with Gasteiger partial charge in [-0.05, 0) is 37.5 Å². The van der Waals surface area contributed by atoms with Crippen LogP contribution in [0.25, 0.3) is 0 Å². The Morgan fingerprint density at radius 3 is 2.70 bits per heavy atom. The summed E-state index contributed by atoms with van der Waals surface area (Å²) in [5, 5.41) is 3.25. The van der Waals surface area contributed by atoms with Gasteiger partial charge >= 0.3 is 0 Å². The first kappa shape index (κ1) is 23.0. The number of likely N-dealkylation sites (tertiary alicyclic amines) is 1. The number of anilines is 3. The van der Waals surface area contributed by atoms with Crippen molar-refractivity contribution in [2.45, 2.75) is 31.3 Å². The molecule has 0 bridgehead atoms. The number of nitrogens with one attached hydrogen (secondary N) is 1. The van der Waals surface area contributed by atoms with Crippen molar-refractivity contribution in [2.24, 2.45) is 11.7 Å². The molecule has 2 amide bonds. The van der Waals surface area contributed by atoms with Gasteiger partial charge < -0.3 is 26.6 Å². The molecule has 2 aliphatic rings. The van der Waals surface area contributed by atoms with Crippen LogP contribution >= 0.6 is 11.6 Å². The zero-order valence-corrected chi connectivity index (χ0v) is 18.4. The van der Waals surface area contributed by atoms with E-state index in [4.69, 9.17) is 23.1 Å². The number of rotatable bonds is 5. The Hall–Kier alpha value is -3.21. The van der Waals surface area contributed by atoms with Crippen LogP contribution in [0.5, 0.6) is 0 Å². The largest absolute Gasteiger partial charge is 0.381 e. The number of nitrogen functional groups attached to an aromatic ring is 1. The molecule has 12 heteroatoms. The van der Waals surface area contributed by atoms with Gasteiger partial charge in [0.05, 0.1) is 12.0 Å². The van der Waals surface area contributed by atoms with Crippen molar-refractivity contribution in [3.63, 3.8) is 0 Å². The Morgan fingerprint density at radius 1 is 1.18 bits per heavy atom. The average Bonchev–Trinajstić information content (AvgIpc) is 2.76. The summed E-state index contributed by atoms with van der Waals surface area (Å²) in [6.07, 6.45) is 2.67. The number of hydrogen-bond donors (Lipinski definition) is 3. The molecule has 5 N–H and O–H groups in total. The minimum atomic E-state index is -0.749. The number of nitrogens with zero attached hydrogens (tertiary/aromatic N) is 4. The highest BCUT2D eigenvalue weighted by Crippen LogP contribution is 2.31. The van der Waals surface area contributed by atoms with Crippen LogP contribution in [0.15, 0.2) is 24.5 Å². The second kappa shape index (κ2) is 9.34. The molecule has 3 atom stereocenters. The summed E-state index contributed by atoms with van der Waals surface area (Å²) in [6.45, 7) is 0.895. The SMILES string of the molecule is NC(=O)[C@H]1CCN(c2ncnc(N)c2F)C[C@@H]1N1CCCC(Nc2cc(F)cc(Cl)c2)C1=O. The predicted molar refractivity (Wildman–Crippen MR) is 119 cm³/mol. The molecule has 9 nitrogen and oxygen atoms in total. The Balaban J connectivity index is 1.57. The van der Waals surface area contributed by atoms with Gasteiger partial charge in [-0.2, -0.15) is 4.39 Å². The maximum Gasteiger partial charge on any atom is 0.245 e. The van der Waals surface area contributed by atoms with Crippen LogP contribution in [0.4, 0.5) is 26.1 Å². The van der Waals surface area contributed by atoms with Gasteiger partial charge in [0.15, 0.2) is 11.6 Å². The fourth-order valence-electron chi connectivity index (χ4n) is 4.57. The molecule has 1 aromatic carbocycles. The topological polar surface area (TPSA) is 130 Å². The zero-order chi connectivity index (χ0) is 23.7. The number of carbonyl (C=O) groups excluding carboxylic acids is 2. The lowest BCUT2D eigenvalue weighted by molar-refractivity contribution is -0.140. The molecule has 2 aromatic rings. The van der Waals surface area contributed by atoms with E-state index in [1.807, 2.05) is 0 Å². The van der Waals surface area contributed by atoms with Crippen molar-refractivity contribution in [1.82, 2.24) is 14.9 Å². The van der Waals surface area contributed by atoms with Crippen LogP contribution in [0.3, 0.4) is 0 Å². The predicted octanol–water partition coefficient (Wildman–Crippen LogP) is 1.77. The molecule has 2 aliphatic heterocycles. The fraction of sp³-hybridized carbons (Fsp3) is 0.429. The highest BCUT2D eigenvalue weighted by atomic mass is 35.5. The second-order valence-electron chi connectivity index (χ2n) is 8.24. The van der Waals surface area contributed by atoms with Gasteiger partial charge in [-0.1, -0.05) is 11.6 Å². The molecule has 33 heavy (non-hydrogen) atoms. The summed E-state index contributed by atoms with van der Waals surface area (Å²) in [5.41, 5.74) is 11.6. The number of hydrogen-bond acceptors (Lipinski definition) is 7. The van der Waals surface area contributed by atoms with E-state index in [2.05, 4.69) is 15.3 Å². The molecule has 2 saturated heterocycles. The average molecular weight is 480 g/mol. The number of piperidine rings is 2. The normalized spacial score (nSPS) is 23.5. The summed E-state index contributed by atoms with van der Waals surface area (Å²) in [6, 6.07) is 2.75. The maximum atomic E-state index is 14.5. The number of halogens is 3. The third kappa shape index (κ3) is 4.77. The van der Waals surface area contributed by atoms with Gasteiger partial charge in [0.2, 0.25) is 17.6 Å². The molecule has 4 rings (SSSR count). The highest BCUT2D eigenvalue weighted by molar-refractivity contribution is 6.30. The molecule has 0 radical (unpaired) electrons. The first-order valence-corrected chi connectivity index (χ1v) is 11.0. The number of carbonyl (C=O) groups is 2. The molecule has 0 saturated carbocycles. The minimum absolute atomic E-state index is 0.0176. The minimum Gasteiger partial charge on any atom is -0.381 e. The summed E-state index contributed by atoms with van der Waals surface area (Å²) in [5.74, 6) is -2.90. The zero-order valence-electron chi connectivity index (χ0n) is 17.7. The Morgan fingerprint density at radius 2 is 1.97 bits per heavy atom. The van der Waals surface area contributed by atoms with Gasteiger partial charge in [-0.15, -0.1) is 0 Å². The van der Waals surface area contributed by atoms with Gasteiger partial charge in [0.1, 0.15) is 18.2 Å². The summed E-state index contributed by atoms with van der Waals surface area (Å²) in [4.78, 5) is 36.5. The number of aromatic nitrogens is 2. The van der Waals surface area contributed by atoms with Gasteiger partial charge in [0.25, 0.3) is 0 Å². The van der Waals surface area contributed by atoms with Gasteiger partial charge in [0, 0.05) is 30.3 Å². The number of nitrogens with two attached hydrogens (primary N) is 2. The van der Waals surface area contributed by atoms with Crippen molar-refractivity contribution in [2.75, 3.05) is 35.6 Å². The van der Waals surface area contributed by atoms with E-state index in [0.717, 1.165) is 0 Å². The number of amides is 2. The van der Waals surface area contributed by atoms with E-state index in [9.17, 15) is 18.4 Å². The van der Waals surface area contributed by atoms with Crippen LogP contribution in [0.1, 0.15) is 19.3 Å². The lowest BCUT2D eigenvalue weighted by atomic mass is 9.87. The molecule has 2 fully saturated rings. The Labute approximate surface area is 194 Å². The van der Waals surface area contributed by atoms with E-state index < -0.39 is 35.5 Å². The lowest BCUT2D eigenvalue weighted by Crippen LogP contribution is -2.61. The molecule has 0 aliphatic carbocycles. The van der Waals surface area contributed by atoms with Gasteiger partial charge in [-0.25, -0.2) is 14.4 Å². The molecular weight excluding hydrogens is 456 g/mol. The van der Waals surface area contributed by atoms with Crippen LogP contribution in [-0.2, 0) is 9.59 Å². The first-order valence-electron chi connectivity index (χ1n) is 10.6. The summed E-state index contributed by atoms with van der Waals surface area (Å²) < 4.78 is 28.3. The second-order valence-corrected chi connectivity index (χ2v) is 8.67. The molecule has 1 aromatic heterocycles. The van der Waals surface area contributed by atoms with Gasteiger partial charge in [-0.3, -0.25) is 9.59 Å². The molecular formula is C21H24ClF2N7O2. The van der Waals surface area contributed by atoms with Crippen LogP contribution in [0, 0.1) is 17.6 Å². The lowest BCUT2D eigenvalue weighted by Gasteiger charge is -2.46. The van der Waals surface area contributed by atoms with E-state index in [0.29, 0.717) is 38.0 Å². The maximum absolute atomic E-state index is 14.5. The van der Waals surface area contributed by atoms with Crippen LogP contribution < -0.4 is 21.7 Å². The van der Waals surface area contributed by atoms with E-state index >= 15 is 0 Å². The molecule has 176 valence electrons. The quantitative estimate of drug-likeness (QED) is 0.595. The van der Waals surface area contributed by atoms with Crippen molar-refractivity contribution in [1.29, 1.82) is 0 Å². The third-order valence-electron chi connectivity index (χ3n) is 6.12. The van der Waals surface area contributed by atoms with Crippen LogP contribution in [0.2, 0.25) is 5.02 Å². The number of primary amides is 1. The Kier molecular flexibility index (Phi) is 6.50. The number of benzene rings is 1. The first-order chi connectivity index (χ1) is 15.7. The van der Waals surface area contributed by atoms with Crippen molar-refractivity contribution in [3.8, 4) is 0 Å². The molecule has 3 heterocycles. The van der Waals surface area contributed by atoms with Crippen molar-refractivity contribution in [3.05, 3.63) is 41.2 Å². The summed E-state index contributed by atoms with van der Waals surface area (Å²) >= 11 is 5.92. The van der Waals surface area contributed by atoms with E-state index in [1.54, 1.807) is 9.80 Å². The smallest absolute Gasteiger partial charge is 0.245 e. The van der Waals surface area contributed by atoms with E-state index in [-0.39, 0.29) is 29.1 Å². The third-order valence-corrected chi connectivity index (χ3v) is 6.34. The van der Waals surface area contributed by atoms with Crippen LogP contribution in [-0.4, -0.2) is 58.4 Å². The standard InChI is InChI=1S/C21H24ClF2N7O2/c22-11-6-12(23)8-13(7-11)29-15-2-1-4-31(21(15)33)16-9-30(5-3-14(16)19(26)32)20-17(24)18(25)27-10-28-20/h6-8,10,14-16,29H,1-5,9H2,(H2,26,32)(H2,25,27,28)/t14-,15?,16-/m0/s1. The molecule has 0 spiro atoms. The van der Waals surface area contributed by atoms with E-state index in [1.165, 1.54) is 24.5 Å². The van der Waals surface area contributed by atoms with Crippen molar-refractivity contribution >= 4 is 40.7 Å². The fourth-order valence-corrected chi connectivity index (χ4v) is 4.79. The monoisotopic (exact) mass is 479 g/mol. The molecule has 1 unspecified atom stereocenters. The highest BCUT2D eigenvalue weighted by Gasteiger charge is 2.42. The Bertz CT molecular complexity index is 1050.